The molecular weight excluding hydrogens is 258 g/mol. The first kappa shape index (κ1) is 14.8. The molecule has 0 aliphatic carbocycles. The van der Waals surface area contributed by atoms with Crippen molar-refractivity contribution < 1.29 is 14.3 Å². The Balaban J connectivity index is 2.05. The summed E-state index contributed by atoms with van der Waals surface area (Å²) in [5.41, 5.74) is 4.29. The number of amides is 1. The maximum atomic E-state index is 12.2. The van der Waals surface area contributed by atoms with Gasteiger partial charge in [0.2, 0.25) is 0 Å². The van der Waals surface area contributed by atoms with Crippen molar-refractivity contribution in [2.75, 3.05) is 32.3 Å². The monoisotopic (exact) mass is 279 g/mol. The Morgan fingerprint density at radius 3 is 2.95 bits per heavy atom. The van der Waals surface area contributed by atoms with Crippen LogP contribution in [0.2, 0.25) is 0 Å². The average Bonchev–Trinajstić information content (AvgIpc) is 2.94. The summed E-state index contributed by atoms with van der Waals surface area (Å²) in [6.45, 7) is 3.52. The second kappa shape index (κ2) is 6.21. The summed E-state index contributed by atoms with van der Waals surface area (Å²) in [6.07, 6.45) is 0.777. The van der Waals surface area contributed by atoms with Gasteiger partial charge in [0.1, 0.15) is 5.60 Å². The Hall–Kier alpha value is -1.63. The molecule has 2 rings (SSSR count). The lowest BCUT2D eigenvalue weighted by molar-refractivity contribution is -0.0148. The first-order chi connectivity index (χ1) is 9.60. The number of carbonyl (C=O) groups is 1. The SMILES string of the molecule is COC1(CNC(=O)c2ccc(C)cc2NN)CCOC1. The molecule has 4 N–H and O–H groups in total. The lowest BCUT2D eigenvalue weighted by Crippen LogP contribution is -2.45. The smallest absolute Gasteiger partial charge is 0.253 e. The van der Waals surface area contributed by atoms with Crippen LogP contribution in [0.5, 0.6) is 0 Å². The van der Waals surface area contributed by atoms with E-state index in [4.69, 9.17) is 15.3 Å². The number of hydrogen-bond acceptors (Lipinski definition) is 5. The van der Waals surface area contributed by atoms with Crippen LogP contribution in [0, 0.1) is 6.92 Å². The Kier molecular flexibility index (Phi) is 4.59. The van der Waals surface area contributed by atoms with Gasteiger partial charge in [0.05, 0.1) is 17.9 Å². The van der Waals surface area contributed by atoms with Gasteiger partial charge < -0.3 is 20.2 Å². The molecule has 1 unspecified atom stereocenters. The molecule has 1 aromatic rings. The Bertz CT molecular complexity index is 485. The molecular formula is C14H21N3O3. The Morgan fingerprint density at radius 1 is 1.55 bits per heavy atom. The van der Waals surface area contributed by atoms with Crippen LogP contribution < -0.4 is 16.6 Å². The molecule has 0 saturated carbocycles. The normalized spacial score (nSPS) is 21.8. The largest absolute Gasteiger partial charge is 0.378 e. The second-order valence-electron chi connectivity index (χ2n) is 5.07. The van der Waals surface area contributed by atoms with Crippen molar-refractivity contribution in [2.24, 2.45) is 5.84 Å². The van der Waals surface area contributed by atoms with Crippen molar-refractivity contribution >= 4 is 11.6 Å². The fraction of sp³-hybridized carbons (Fsp3) is 0.500. The molecule has 1 saturated heterocycles. The van der Waals surface area contributed by atoms with Crippen molar-refractivity contribution in [3.8, 4) is 0 Å². The fourth-order valence-electron chi connectivity index (χ4n) is 2.27. The van der Waals surface area contributed by atoms with E-state index in [9.17, 15) is 4.79 Å². The standard InChI is InChI=1S/C14H21N3O3/c1-10-3-4-11(12(7-10)17-15)13(18)16-8-14(19-2)5-6-20-9-14/h3-4,7,17H,5-6,8-9,15H2,1-2H3,(H,16,18). The molecule has 1 heterocycles. The number of methoxy groups -OCH3 is 1. The maximum Gasteiger partial charge on any atom is 0.253 e. The Morgan fingerprint density at radius 2 is 2.35 bits per heavy atom. The van der Waals surface area contributed by atoms with Gasteiger partial charge in [-0.15, -0.1) is 0 Å². The van der Waals surface area contributed by atoms with Crippen molar-refractivity contribution in [1.29, 1.82) is 0 Å². The van der Waals surface area contributed by atoms with Crippen molar-refractivity contribution in [3.63, 3.8) is 0 Å². The van der Waals surface area contributed by atoms with Crippen LogP contribution in [0.1, 0.15) is 22.3 Å². The van der Waals surface area contributed by atoms with Crippen molar-refractivity contribution in [3.05, 3.63) is 29.3 Å². The van der Waals surface area contributed by atoms with E-state index in [2.05, 4.69) is 10.7 Å². The second-order valence-corrected chi connectivity index (χ2v) is 5.07. The van der Waals surface area contributed by atoms with Crippen molar-refractivity contribution in [1.82, 2.24) is 5.32 Å². The molecule has 1 atom stereocenters. The van der Waals surface area contributed by atoms with Crippen LogP contribution in [0.4, 0.5) is 5.69 Å². The van der Waals surface area contributed by atoms with Gasteiger partial charge >= 0.3 is 0 Å². The van der Waals surface area contributed by atoms with Gasteiger partial charge in [-0.25, -0.2) is 0 Å². The molecule has 0 aromatic heterocycles. The highest BCUT2D eigenvalue weighted by Crippen LogP contribution is 2.22. The molecule has 110 valence electrons. The number of nitrogens with two attached hydrogens (primary N) is 1. The van der Waals surface area contributed by atoms with E-state index < -0.39 is 5.60 Å². The molecule has 6 nitrogen and oxygen atoms in total. The van der Waals surface area contributed by atoms with Gasteiger partial charge in [0.15, 0.2) is 0 Å². The van der Waals surface area contributed by atoms with Crippen LogP contribution in [-0.4, -0.2) is 38.4 Å². The topological polar surface area (TPSA) is 85.6 Å². The highest BCUT2D eigenvalue weighted by Gasteiger charge is 2.35. The molecule has 0 radical (unpaired) electrons. The molecule has 1 aliphatic heterocycles. The van der Waals surface area contributed by atoms with Crippen LogP contribution >= 0.6 is 0 Å². The number of carbonyl (C=O) groups excluding carboxylic acids is 1. The van der Waals surface area contributed by atoms with E-state index in [1.807, 2.05) is 19.1 Å². The highest BCUT2D eigenvalue weighted by atomic mass is 16.5. The summed E-state index contributed by atoms with van der Waals surface area (Å²) in [7, 11) is 1.64. The third-order valence-electron chi connectivity index (χ3n) is 3.65. The van der Waals surface area contributed by atoms with Crippen LogP contribution in [-0.2, 0) is 9.47 Å². The summed E-state index contributed by atoms with van der Waals surface area (Å²) in [5, 5.41) is 2.89. The zero-order chi connectivity index (χ0) is 14.6. The fourth-order valence-corrected chi connectivity index (χ4v) is 2.27. The molecule has 6 heteroatoms. The lowest BCUT2D eigenvalue weighted by Gasteiger charge is -2.26. The van der Waals surface area contributed by atoms with Gasteiger partial charge in [-0.3, -0.25) is 10.6 Å². The highest BCUT2D eigenvalue weighted by molar-refractivity contribution is 5.99. The number of hydrogen-bond donors (Lipinski definition) is 3. The van der Waals surface area contributed by atoms with Crippen LogP contribution in [0.3, 0.4) is 0 Å². The zero-order valence-corrected chi connectivity index (χ0v) is 11.9. The molecule has 0 spiro atoms. The number of anilines is 1. The van der Waals surface area contributed by atoms with Gasteiger partial charge in [-0.1, -0.05) is 6.07 Å². The number of hydrazine groups is 1. The van der Waals surface area contributed by atoms with Gasteiger partial charge in [-0.2, -0.15) is 0 Å². The maximum absolute atomic E-state index is 12.2. The van der Waals surface area contributed by atoms with Gasteiger partial charge in [0.25, 0.3) is 5.91 Å². The molecule has 1 fully saturated rings. The first-order valence-electron chi connectivity index (χ1n) is 6.58. The molecule has 1 amide bonds. The number of rotatable bonds is 5. The summed E-state index contributed by atoms with van der Waals surface area (Å²) >= 11 is 0. The van der Waals surface area contributed by atoms with E-state index in [0.717, 1.165) is 12.0 Å². The third kappa shape index (κ3) is 3.09. The summed E-state index contributed by atoms with van der Waals surface area (Å²) < 4.78 is 10.8. The molecule has 1 aliphatic rings. The van der Waals surface area contributed by atoms with Crippen molar-refractivity contribution in [2.45, 2.75) is 18.9 Å². The van der Waals surface area contributed by atoms with Gasteiger partial charge in [-0.05, 0) is 24.6 Å². The quantitative estimate of drug-likeness (QED) is 0.549. The predicted molar refractivity (Wildman–Crippen MR) is 76.5 cm³/mol. The number of benzene rings is 1. The van der Waals surface area contributed by atoms with E-state index >= 15 is 0 Å². The molecule has 0 bridgehead atoms. The summed E-state index contributed by atoms with van der Waals surface area (Å²) in [5.74, 6) is 5.27. The summed E-state index contributed by atoms with van der Waals surface area (Å²) in [6, 6.07) is 5.46. The lowest BCUT2D eigenvalue weighted by atomic mass is 10.0. The third-order valence-corrected chi connectivity index (χ3v) is 3.65. The minimum absolute atomic E-state index is 0.179. The predicted octanol–water partition coefficient (Wildman–Crippen LogP) is 0.816. The number of ether oxygens (including phenoxy) is 2. The average molecular weight is 279 g/mol. The van der Waals surface area contributed by atoms with Crippen LogP contribution in [0.15, 0.2) is 18.2 Å². The minimum atomic E-state index is -0.420. The zero-order valence-electron chi connectivity index (χ0n) is 11.9. The Labute approximate surface area is 118 Å². The van der Waals surface area contributed by atoms with E-state index in [-0.39, 0.29) is 5.91 Å². The van der Waals surface area contributed by atoms with E-state index in [0.29, 0.717) is 31.0 Å². The molecule has 1 aromatic carbocycles. The minimum Gasteiger partial charge on any atom is -0.378 e. The van der Waals surface area contributed by atoms with Crippen LogP contribution in [0.25, 0.3) is 0 Å². The number of nitrogen functional groups attached to an aromatic ring is 1. The number of nitrogens with one attached hydrogen (secondary N) is 2. The first-order valence-corrected chi connectivity index (χ1v) is 6.58. The number of aryl methyl sites for hydroxylation is 1. The summed E-state index contributed by atoms with van der Waals surface area (Å²) in [4.78, 5) is 12.2. The molecule has 20 heavy (non-hydrogen) atoms. The van der Waals surface area contributed by atoms with E-state index in [1.165, 1.54) is 0 Å². The van der Waals surface area contributed by atoms with Gasteiger partial charge in [0, 0.05) is 26.7 Å². The van der Waals surface area contributed by atoms with E-state index in [1.54, 1.807) is 13.2 Å².